The van der Waals surface area contributed by atoms with Crippen molar-refractivity contribution in [3.8, 4) is 0 Å². The van der Waals surface area contributed by atoms with Crippen LogP contribution in [0.5, 0.6) is 0 Å². The third kappa shape index (κ3) is 2.62. The second-order valence-corrected chi connectivity index (χ2v) is 10.2. The third-order valence-electron chi connectivity index (χ3n) is 6.82. The van der Waals surface area contributed by atoms with Gasteiger partial charge in [0.15, 0.2) is 5.76 Å². The van der Waals surface area contributed by atoms with Gasteiger partial charge in [-0.3, -0.25) is 4.90 Å². The molecule has 2 aromatic heterocycles. The van der Waals surface area contributed by atoms with Gasteiger partial charge < -0.3 is 9.51 Å². The van der Waals surface area contributed by atoms with Gasteiger partial charge in [0.1, 0.15) is 10.6 Å². The fraction of sp³-hybridized carbons (Fsp3) is 0.476. The Balaban J connectivity index is 1.50. The Kier molecular flexibility index (Phi) is 4.17. The average molecular weight is 415 g/mol. The van der Waals surface area contributed by atoms with Crippen LogP contribution in [0.15, 0.2) is 33.7 Å². The SMILES string of the molecule is Cc1noc(C)c1S(=O)(=O)N1CCC2(CC1)c1[nH]c3ccccc3c1CCN2C. The van der Waals surface area contributed by atoms with E-state index in [2.05, 4.69) is 46.4 Å². The average Bonchev–Trinajstić information content (AvgIpc) is 3.26. The molecule has 8 heteroatoms. The third-order valence-corrected chi connectivity index (χ3v) is 8.97. The lowest BCUT2D eigenvalue weighted by atomic mass is 9.78. The highest BCUT2D eigenvalue weighted by Crippen LogP contribution is 2.45. The number of rotatable bonds is 2. The summed E-state index contributed by atoms with van der Waals surface area (Å²) in [6.07, 6.45) is 2.52. The van der Waals surface area contributed by atoms with Crippen LogP contribution in [0.25, 0.3) is 10.9 Å². The molecule has 0 amide bonds. The Morgan fingerprint density at radius 1 is 1.14 bits per heavy atom. The Labute approximate surface area is 170 Å². The number of aromatic nitrogens is 2. The molecule has 1 spiro atoms. The van der Waals surface area contributed by atoms with Crippen molar-refractivity contribution < 1.29 is 12.9 Å². The maximum Gasteiger partial charge on any atom is 0.248 e. The number of likely N-dealkylation sites (N-methyl/N-ethyl adjacent to an activating group) is 1. The van der Waals surface area contributed by atoms with Crippen molar-refractivity contribution in [3.05, 3.63) is 47.0 Å². The summed E-state index contributed by atoms with van der Waals surface area (Å²) in [4.78, 5) is 6.30. The highest BCUT2D eigenvalue weighted by atomic mass is 32.2. The second kappa shape index (κ2) is 6.42. The molecule has 1 fully saturated rings. The number of para-hydroxylation sites is 1. The van der Waals surface area contributed by atoms with Gasteiger partial charge in [-0.05, 0) is 51.8 Å². The lowest BCUT2D eigenvalue weighted by Crippen LogP contribution is -2.55. The minimum atomic E-state index is -3.61. The zero-order chi connectivity index (χ0) is 20.4. The monoisotopic (exact) mass is 414 g/mol. The summed E-state index contributed by atoms with van der Waals surface area (Å²) in [6.45, 7) is 5.27. The predicted octanol–water partition coefficient (Wildman–Crippen LogP) is 2.94. The summed E-state index contributed by atoms with van der Waals surface area (Å²) in [6, 6.07) is 8.44. The van der Waals surface area contributed by atoms with Gasteiger partial charge in [-0.25, -0.2) is 8.42 Å². The lowest BCUT2D eigenvalue weighted by molar-refractivity contribution is 0.0467. The van der Waals surface area contributed by atoms with E-state index in [4.69, 9.17) is 4.52 Å². The van der Waals surface area contributed by atoms with E-state index in [9.17, 15) is 8.42 Å². The summed E-state index contributed by atoms with van der Waals surface area (Å²) in [5.41, 5.74) is 4.09. The van der Waals surface area contributed by atoms with Gasteiger partial charge in [-0.1, -0.05) is 23.4 Å². The van der Waals surface area contributed by atoms with Crippen LogP contribution in [0.4, 0.5) is 0 Å². The van der Waals surface area contributed by atoms with Crippen molar-refractivity contribution in [1.82, 2.24) is 19.3 Å². The zero-order valence-electron chi connectivity index (χ0n) is 17.0. The lowest BCUT2D eigenvalue weighted by Gasteiger charge is -2.49. The summed E-state index contributed by atoms with van der Waals surface area (Å²) in [7, 11) is -1.45. The second-order valence-electron chi connectivity index (χ2n) is 8.28. The van der Waals surface area contributed by atoms with Gasteiger partial charge in [0, 0.05) is 36.2 Å². The molecule has 7 nitrogen and oxygen atoms in total. The molecule has 4 heterocycles. The van der Waals surface area contributed by atoms with E-state index in [1.807, 2.05) is 0 Å². The van der Waals surface area contributed by atoms with E-state index >= 15 is 0 Å². The van der Waals surface area contributed by atoms with Crippen molar-refractivity contribution in [2.45, 2.75) is 43.5 Å². The minimum Gasteiger partial charge on any atom is -0.360 e. The van der Waals surface area contributed by atoms with E-state index in [0.717, 1.165) is 31.3 Å². The van der Waals surface area contributed by atoms with Crippen molar-refractivity contribution in [3.63, 3.8) is 0 Å². The van der Waals surface area contributed by atoms with Crippen LogP contribution in [-0.2, 0) is 22.0 Å². The largest absolute Gasteiger partial charge is 0.360 e. The minimum absolute atomic E-state index is 0.155. The number of nitrogens with zero attached hydrogens (tertiary/aromatic N) is 3. The van der Waals surface area contributed by atoms with Crippen LogP contribution in [0.3, 0.4) is 0 Å². The number of benzene rings is 1. The highest BCUT2D eigenvalue weighted by molar-refractivity contribution is 7.89. The van der Waals surface area contributed by atoms with Crippen molar-refractivity contribution in [2.24, 2.45) is 0 Å². The van der Waals surface area contributed by atoms with E-state index < -0.39 is 10.0 Å². The first-order chi connectivity index (χ1) is 13.8. The van der Waals surface area contributed by atoms with Crippen LogP contribution in [0.1, 0.15) is 35.6 Å². The molecule has 29 heavy (non-hydrogen) atoms. The first-order valence-electron chi connectivity index (χ1n) is 10.1. The van der Waals surface area contributed by atoms with Crippen molar-refractivity contribution in [1.29, 1.82) is 0 Å². The molecule has 154 valence electrons. The van der Waals surface area contributed by atoms with E-state index in [1.54, 1.807) is 18.2 Å². The van der Waals surface area contributed by atoms with Crippen LogP contribution >= 0.6 is 0 Å². The van der Waals surface area contributed by atoms with E-state index in [-0.39, 0.29) is 10.4 Å². The molecule has 1 N–H and O–H groups in total. The molecule has 5 rings (SSSR count). The fourth-order valence-electron chi connectivity index (χ4n) is 5.24. The standard InChI is InChI=1S/C21H26N4O3S/c1-14-19(15(2)28-23-14)29(26,27)25-12-9-21(10-13-25)20-17(8-11-24(21)3)16-6-4-5-7-18(16)22-20/h4-7,22H,8-13H2,1-3H3. The molecular weight excluding hydrogens is 388 g/mol. The van der Waals surface area contributed by atoms with Gasteiger partial charge in [-0.2, -0.15) is 4.31 Å². The first-order valence-corrected chi connectivity index (χ1v) is 11.5. The first kappa shape index (κ1) is 18.8. The molecule has 1 aromatic carbocycles. The van der Waals surface area contributed by atoms with Gasteiger partial charge in [-0.15, -0.1) is 0 Å². The number of fused-ring (bicyclic) bond motifs is 4. The van der Waals surface area contributed by atoms with Gasteiger partial charge in [0.2, 0.25) is 10.0 Å². The highest BCUT2D eigenvalue weighted by Gasteiger charge is 2.47. The number of sulfonamides is 1. The number of aromatic amines is 1. The predicted molar refractivity (Wildman–Crippen MR) is 110 cm³/mol. The van der Waals surface area contributed by atoms with Gasteiger partial charge in [0.25, 0.3) is 0 Å². The summed E-state index contributed by atoms with van der Waals surface area (Å²) >= 11 is 0. The maximum absolute atomic E-state index is 13.2. The van der Waals surface area contributed by atoms with Crippen LogP contribution in [0, 0.1) is 13.8 Å². The van der Waals surface area contributed by atoms with Gasteiger partial charge in [0.05, 0.1) is 5.54 Å². The van der Waals surface area contributed by atoms with Gasteiger partial charge >= 0.3 is 0 Å². The molecule has 0 atom stereocenters. The number of hydrogen-bond acceptors (Lipinski definition) is 5. The Hall–Kier alpha value is -2.16. The molecule has 2 aliphatic heterocycles. The molecule has 0 aliphatic carbocycles. The smallest absolute Gasteiger partial charge is 0.248 e. The number of nitrogens with one attached hydrogen (secondary N) is 1. The molecule has 0 radical (unpaired) electrons. The molecule has 0 bridgehead atoms. The quantitative estimate of drug-likeness (QED) is 0.697. The fourth-order valence-corrected chi connectivity index (χ4v) is 6.97. The molecule has 0 saturated carbocycles. The van der Waals surface area contributed by atoms with Crippen LogP contribution < -0.4 is 0 Å². The Bertz CT molecular complexity index is 1170. The zero-order valence-corrected chi connectivity index (χ0v) is 17.8. The summed E-state index contributed by atoms with van der Waals surface area (Å²) in [5, 5.41) is 5.13. The van der Waals surface area contributed by atoms with E-state index in [0.29, 0.717) is 24.5 Å². The van der Waals surface area contributed by atoms with E-state index in [1.165, 1.54) is 16.6 Å². The topological polar surface area (TPSA) is 82.4 Å². The van der Waals surface area contributed by atoms with Crippen molar-refractivity contribution in [2.75, 3.05) is 26.7 Å². The maximum atomic E-state index is 13.2. The summed E-state index contributed by atoms with van der Waals surface area (Å²) in [5.74, 6) is 0.357. The summed E-state index contributed by atoms with van der Waals surface area (Å²) < 4.78 is 33.2. The molecular formula is C21H26N4O3S. The Morgan fingerprint density at radius 2 is 1.86 bits per heavy atom. The van der Waals surface area contributed by atoms with Crippen LogP contribution in [0.2, 0.25) is 0 Å². The normalized spacial score (nSPS) is 20.4. The molecule has 3 aromatic rings. The number of hydrogen-bond donors (Lipinski definition) is 1. The number of aryl methyl sites for hydroxylation is 2. The number of piperidine rings is 1. The molecule has 0 unspecified atom stereocenters. The van der Waals surface area contributed by atoms with Crippen LogP contribution in [-0.4, -0.2) is 54.4 Å². The molecule has 1 saturated heterocycles. The number of H-pyrrole nitrogens is 1. The van der Waals surface area contributed by atoms with Crippen molar-refractivity contribution >= 4 is 20.9 Å². The Morgan fingerprint density at radius 3 is 2.55 bits per heavy atom. The molecule has 2 aliphatic rings.